The Morgan fingerprint density at radius 1 is 1.31 bits per heavy atom. The lowest BCUT2D eigenvalue weighted by Gasteiger charge is -2.34. The van der Waals surface area contributed by atoms with Crippen LogP contribution in [0.3, 0.4) is 0 Å². The highest BCUT2D eigenvalue weighted by Crippen LogP contribution is 2.19. The molecule has 0 spiro atoms. The Labute approximate surface area is 154 Å². The highest BCUT2D eigenvalue weighted by Gasteiger charge is 2.25. The molecule has 1 aliphatic rings. The molecule has 3 N–H and O–H groups in total. The third-order valence-electron chi connectivity index (χ3n) is 4.79. The standard InChI is InChI=1S/C19H29N3O4/c1-3-18(25)22-10-8-15(9-11-22)20-19(26)21(4-2)13-17(24)14-6-5-7-16(23)12-14/h5-7,12,15,17,23-24H,3-4,8-11,13H2,1-2H3,(H,20,26)/t17-/m0/s1. The summed E-state index contributed by atoms with van der Waals surface area (Å²) >= 11 is 0. The van der Waals surface area contributed by atoms with Gasteiger partial charge in [0.05, 0.1) is 12.6 Å². The number of phenols is 1. The van der Waals surface area contributed by atoms with E-state index in [9.17, 15) is 19.8 Å². The lowest BCUT2D eigenvalue weighted by atomic mass is 10.0. The fourth-order valence-corrected chi connectivity index (χ4v) is 3.16. The van der Waals surface area contributed by atoms with E-state index in [0.717, 1.165) is 12.8 Å². The number of urea groups is 1. The number of benzene rings is 1. The number of hydrogen-bond acceptors (Lipinski definition) is 4. The van der Waals surface area contributed by atoms with Crippen LogP contribution in [-0.4, -0.2) is 64.2 Å². The van der Waals surface area contributed by atoms with Gasteiger partial charge in [-0.15, -0.1) is 0 Å². The maximum absolute atomic E-state index is 12.5. The predicted octanol–water partition coefficient (Wildman–Crippen LogP) is 1.86. The molecule has 0 saturated carbocycles. The van der Waals surface area contributed by atoms with Crippen LogP contribution < -0.4 is 5.32 Å². The minimum absolute atomic E-state index is 0.0374. The molecule has 0 radical (unpaired) electrons. The molecule has 7 heteroatoms. The van der Waals surface area contributed by atoms with Crippen molar-refractivity contribution in [3.8, 4) is 5.75 Å². The summed E-state index contributed by atoms with van der Waals surface area (Å²) in [7, 11) is 0. The number of aliphatic hydroxyl groups excluding tert-OH is 1. The summed E-state index contributed by atoms with van der Waals surface area (Å²) in [4.78, 5) is 27.6. The number of nitrogens with zero attached hydrogens (tertiary/aromatic N) is 2. The van der Waals surface area contributed by atoms with Crippen LogP contribution in [0.2, 0.25) is 0 Å². The van der Waals surface area contributed by atoms with Crippen molar-refractivity contribution < 1.29 is 19.8 Å². The number of likely N-dealkylation sites (N-methyl/N-ethyl adjacent to an activating group) is 1. The Kier molecular flexibility index (Phi) is 7.26. The number of likely N-dealkylation sites (tertiary alicyclic amines) is 1. The van der Waals surface area contributed by atoms with Gasteiger partial charge in [-0.25, -0.2) is 4.79 Å². The molecule has 0 unspecified atom stereocenters. The number of phenolic OH excluding ortho intramolecular Hbond substituents is 1. The van der Waals surface area contributed by atoms with Gasteiger partial charge in [-0.3, -0.25) is 4.79 Å². The summed E-state index contributed by atoms with van der Waals surface area (Å²) in [6.07, 6.45) is 1.12. The predicted molar refractivity (Wildman–Crippen MR) is 98.7 cm³/mol. The lowest BCUT2D eigenvalue weighted by molar-refractivity contribution is -0.131. The van der Waals surface area contributed by atoms with Crippen molar-refractivity contribution >= 4 is 11.9 Å². The Morgan fingerprint density at radius 3 is 2.58 bits per heavy atom. The van der Waals surface area contributed by atoms with E-state index in [2.05, 4.69) is 5.32 Å². The summed E-state index contributed by atoms with van der Waals surface area (Å²) in [6, 6.07) is 6.24. The molecule has 2 rings (SSSR count). The van der Waals surface area contributed by atoms with Gasteiger partial charge in [0, 0.05) is 32.1 Å². The van der Waals surface area contributed by atoms with Crippen LogP contribution >= 0.6 is 0 Å². The first-order valence-electron chi connectivity index (χ1n) is 9.24. The van der Waals surface area contributed by atoms with Gasteiger partial charge in [0.2, 0.25) is 5.91 Å². The SMILES string of the molecule is CCC(=O)N1CCC(NC(=O)N(CC)C[C@H](O)c2cccc(O)c2)CC1. The Bertz CT molecular complexity index is 615. The molecule has 1 aliphatic heterocycles. The minimum atomic E-state index is -0.864. The number of hydrogen-bond donors (Lipinski definition) is 3. The van der Waals surface area contributed by atoms with Gasteiger partial charge in [-0.1, -0.05) is 19.1 Å². The topological polar surface area (TPSA) is 93.1 Å². The molecule has 1 saturated heterocycles. The van der Waals surface area contributed by atoms with E-state index in [1.165, 1.54) is 12.1 Å². The Hall–Kier alpha value is -2.28. The van der Waals surface area contributed by atoms with Crippen LogP contribution in [0, 0.1) is 0 Å². The van der Waals surface area contributed by atoms with Gasteiger partial charge in [0.1, 0.15) is 5.75 Å². The van der Waals surface area contributed by atoms with Crippen LogP contribution in [0.25, 0.3) is 0 Å². The molecule has 1 aromatic rings. The summed E-state index contributed by atoms with van der Waals surface area (Å²) in [5, 5.41) is 22.9. The number of rotatable bonds is 6. The number of carbonyl (C=O) groups excluding carboxylic acids is 2. The first-order chi connectivity index (χ1) is 12.4. The van der Waals surface area contributed by atoms with Crippen molar-refractivity contribution in [2.75, 3.05) is 26.2 Å². The van der Waals surface area contributed by atoms with Crippen LogP contribution in [0.1, 0.15) is 44.8 Å². The van der Waals surface area contributed by atoms with Crippen LogP contribution in [0.15, 0.2) is 24.3 Å². The summed E-state index contributed by atoms with van der Waals surface area (Å²) < 4.78 is 0. The smallest absolute Gasteiger partial charge is 0.317 e. The quantitative estimate of drug-likeness (QED) is 0.719. The molecule has 7 nitrogen and oxygen atoms in total. The summed E-state index contributed by atoms with van der Waals surface area (Å²) in [6.45, 7) is 5.66. The highest BCUT2D eigenvalue weighted by atomic mass is 16.3. The number of nitrogens with one attached hydrogen (secondary N) is 1. The molecule has 0 aromatic heterocycles. The Balaban J connectivity index is 1.86. The van der Waals surface area contributed by atoms with Gasteiger partial charge in [-0.2, -0.15) is 0 Å². The second-order valence-corrected chi connectivity index (χ2v) is 6.61. The number of amides is 3. The normalized spacial score (nSPS) is 16.2. The monoisotopic (exact) mass is 363 g/mol. The number of piperidine rings is 1. The van der Waals surface area contributed by atoms with Gasteiger partial charge in [0.25, 0.3) is 0 Å². The van der Waals surface area contributed by atoms with Crippen LogP contribution in [-0.2, 0) is 4.79 Å². The van der Waals surface area contributed by atoms with E-state index in [1.807, 2.05) is 18.7 Å². The van der Waals surface area contributed by atoms with Gasteiger partial charge in [0.15, 0.2) is 0 Å². The third-order valence-corrected chi connectivity index (χ3v) is 4.79. The third kappa shape index (κ3) is 5.36. The van der Waals surface area contributed by atoms with E-state index in [1.54, 1.807) is 17.0 Å². The fourth-order valence-electron chi connectivity index (χ4n) is 3.16. The molecule has 1 aromatic carbocycles. The van der Waals surface area contributed by atoms with Crippen molar-refractivity contribution in [3.63, 3.8) is 0 Å². The molecule has 0 bridgehead atoms. The number of aliphatic hydroxyl groups is 1. The number of carbonyl (C=O) groups is 2. The fraction of sp³-hybridized carbons (Fsp3) is 0.579. The van der Waals surface area contributed by atoms with Crippen molar-refractivity contribution in [3.05, 3.63) is 29.8 Å². The zero-order valence-corrected chi connectivity index (χ0v) is 15.5. The molecule has 1 heterocycles. The van der Waals surface area contributed by atoms with Gasteiger partial charge in [-0.05, 0) is 37.5 Å². The molecule has 26 heavy (non-hydrogen) atoms. The van der Waals surface area contributed by atoms with Crippen LogP contribution in [0.5, 0.6) is 5.75 Å². The molecule has 1 fully saturated rings. The average molecular weight is 363 g/mol. The van der Waals surface area contributed by atoms with E-state index in [0.29, 0.717) is 31.6 Å². The van der Waals surface area contributed by atoms with Crippen molar-refractivity contribution in [2.24, 2.45) is 0 Å². The molecule has 0 aliphatic carbocycles. The van der Waals surface area contributed by atoms with E-state index in [4.69, 9.17) is 0 Å². The lowest BCUT2D eigenvalue weighted by Crippen LogP contribution is -2.50. The largest absolute Gasteiger partial charge is 0.508 e. The van der Waals surface area contributed by atoms with Crippen LogP contribution in [0.4, 0.5) is 4.79 Å². The zero-order chi connectivity index (χ0) is 19.1. The van der Waals surface area contributed by atoms with Crippen molar-refractivity contribution in [2.45, 2.75) is 45.3 Å². The summed E-state index contributed by atoms with van der Waals surface area (Å²) in [5.41, 5.74) is 0.572. The maximum Gasteiger partial charge on any atom is 0.317 e. The second kappa shape index (κ2) is 9.43. The van der Waals surface area contributed by atoms with E-state index < -0.39 is 6.10 Å². The highest BCUT2D eigenvalue weighted by molar-refractivity contribution is 5.76. The second-order valence-electron chi connectivity index (χ2n) is 6.61. The first-order valence-corrected chi connectivity index (χ1v) is 9.24. The molecule has 3 amide bonds. The zero-order valence-electron chi connectivity index (χ0n) is 15.5. The van der Waals surface area contributed by atoms with Gasteiger partial charge < -0.3 is 25.3 Å². The molecular formula is C19H29N3O4. The Morgan fingerprint density at radius 2 is 2.00 bits per heavy atom. The summed E-state index contributed by atoms with van der Waals surface area (Å²) in [5.74, 6) is 0.238. The van der Waals surface area contributed by atoms with Crippen molar-refractivity contribution in [1.82, 2.24) is 15.1 Å². The maximum atomic E-state index is 12.5. The average Bonchev–Trinajstić information content (AvgIpc) is 2.65. The molecular weight excluding hydrogens is 334 g/mol. The van der Waals surface area contributed by atoms with Crippen molar-refractivity contribution in [1.29, 1.82) is 0 Å². The first kappa shape index (κ1) is 20.0. The number of aromatic hydroxyl groups is 1. The molecule has 1 atom stereocenters. The van der Waals surface area contributed by atoms with Gasteiger partial charge >= 0.3 is 6.03 Å². The van der Waals surface area contributed by atoms with E-state index >= 15 is 0 Å². The van der Waals surface area contributed by atoms with E-state index in [-0.39, 0.29) is 30.3 Å². The molecule has 144 valence electrons. The minimum Gasteiger partial charge on any atom is -0.508 e.